The first-order chi connectivity index (χ1) is 10.7. The summed E-state index contributed by atoms with van der Waals surface area (Å²) in [6, 6.07) is 17.5. The lowest BCUT2D eigenvalue weighted by atomic mass is 10.1. The van der Waals surface area contributed by atoms with Gasteiger partial charge in [0.05, 0.1) is 5.69 Å². The molecule has 0 unspecified atom stereocenters. The minimum absolute atomic E-state index is 0.139. The van der Waals surface area contributed by atoms with Gasteiger partial charge in [-0.3, -0.25) is 9.78 Å². The van der Waals surface area contributed by atoms with Gasteiger partial charge in [0.1, 0.15) is 12.1 Å². The van der Waals surface area contributed by atoms with Crippen LogP contribution in [0.3, 0.4) is 0 Å². The standard InChI is InChI=1S/C18H16N2O2/c1-13(21)20-16-10-9-15-8-5-11-19-17(15)18(16)22-12-14-6-3-2-4-7-14/h2-11H,12H2,1H3,(H,20,21). The second-order valence-corrected chi connectivity index (χ2v) is 4.97. The number of aromatic nitrogens is 1. The molecule has 3 rings (SSSR count). The van der Waals surface area contributed by atoms with Gasteiger partial charge in [-0.05, 0) is 17.7 Å². The number of nitrogens with one attached hydrogen (secondary N) is 1. The van der Waals surface area contributed by atoms with Crippen molar-refractivity contribution >= 4 is 22.5 Å². The summed E-state index contributed by atoms with van der Waals surface area (Å²) < 4.78 is 5.96. The lowest BCUT2D eigenvalue weighted by molar-refractivity contribution is -0.114. The van der Waals surface area contributed by atoms with Gasteiger partial charge in [-0.15, -0.1) is 0 Å². The number of rotatable bonds is 4. The summed E-state index contributed by atoms with van der Waals surface area (Å²) in [7, 11) is 0. The van der Waals surface area contributed by atoms with Crippen LogP contribution >= 0.6 is 0 Å². The molecular weight excluding hydrogens is 276 g/mol. The molecule has 110 valence electrons. The smallest absolute Gasteiger partial charge is 0.221 e. The fourth-order valence-corrected chi connectivity index (χ4v) is 2.28. The lowest BCUT2D eigenvalue weighted by Crippen LogP contribution is -2.08. The van der Waals surface area contributed by atoms with Crippen LogP contribution in [0.2, 0.25) is 0 Å². The Morgan fingerprint density at radius 1 is 1.09 bits per heavy atom. The number of hydrogen-bond acceptors (Lipinski definition) is 3. The van der Waals surface area contributed by atoms with E-state index < -0.39 is 0 Å². The van der Waals surface area contributed by atoms with Crippen molar-refractivity contribution in [1.82, 2.24) is 4.98 Å². The van der Waals surface area contributed by atoms with E-state index in [1.807, 2.05) is 54.6 Å². The van der Waals surface area contributed by atoms with Gasteiger partial charge in [0.15, 0.2) is 5.75 Å². The van der Waals surface area contributed by atoms with E-state index in [9.17, 15) is 4.79 Å². The highest BCUT2D eigenvalue weighted by Gasteiger charge is 2.11. The topological polar surface area (TPSA) is 51.2 Å². The van der Waals surface area contributed by atoms with Crippen LogP contribution in [-0.4, -0.2) is 10.9 Å². The molecule has 0 bridgehead atoms. The maximum Gasteiger partial charge on any atom is 0.221 e. The first kappa shape index (κ1) is 14.1. The van der Waals surface area contributed by atoms with E-state index in [0.29, 0.717) is 18.0 Å². The fourth-order valence-electron chi connectivity index (χ4n) is 2.28. The summed E-state index contributed by atoms with van der Waals surface area (Å²) in [6.45, 7) is 1.90. The van der Waals surface area contributed by atoms with Crippen LogP contribution in [0.1, 0.15) is 12.5 Å². The molecule has 0 aliphatic heterocycles. The van der Waals surface area contributed by atoms with Gasteiger partial charge in [0.2, 0.25) is 5.91 Å². The molecule has 1 amide bonds. The van der Waals surface area contributed by atoms with E-state index in [2.05, 4.69) is 10.3 Å². The fraction of sp³-hybridized carbons (Fsp3) is 0.111. The van der Waals surface area contributed by atoms with Crippen LogP contribution in [-0.2, 0) is 11.4 Å². The Bertz CT molecular complexity index is 801. The number of hydrogen-bond donors (Lipinski definition) is 1. The Morgan fingerprint density at radius 2 is 1.91 bits per heavy atom. The summed E-state index contributed by atoms with van der Waals surface area (Å²) in [5, 5.41) is 3.77. The van der Waals surface area contributed by atoms with Crippen molar-refractivity contribution in [3.05, 3.63) is 66.4 Å². The van der Waals surface area contributed by atoms with Crippen molar-refractivity contribution in [3.8, 4) is 5.75 Å². The molecule has 0 saturated carbocycles. The van der Waals surface area contributed by atoms with Gasteiger partial charge < -0.3 is 10.1 Å². The molecule has 22 heavy (non-hydrogen) atoms. The molecule has 0 spiro atoms. The molecular formula is C18H16N2O2. The molecule has 3 aromatic rings. The average molecular weight is 292 g/mol. The molecule has 0 aliphatic rings. The first-order valence-electron chi connectivity index (χ1n) is 7.06. The van der Waals surface area contributed by atoms with Crippen molar-refractivity contribution in [1.29, 1.82) is 0 Å². The predicted octanol–water partition coefficient (Wildman–Crippen LogP) is 3.77. The van der Waals surface area contributed by atoms with Crippen molar-refractivity contribution in [2.75, 3.05) is 5.32 Å². The van der Waals surface area contributed by atoms with E-state index in [-0.39, 0.29) is 5.91 Å². The summed E-state index contributed by atoms with van der Waals surface area (Å²) in [4.78, 5) is 15.8. The molecule has 4 heteroatoms. The highest BCUT2D eigenvalue weighted by atomic mass is 16.5. The van der Waals surface area contributed by atoms with Gasteiger partial charge in [-0.25, -0.2) is 0 Å². The molecule has 0 fully saturated rings. The zero-order valence-electron chi connectivity index (χ0n) is 12.2. The third-order valence-corrected chi connectivity index (χ3v) is 3.26. The highest BCUT2D eigenvalue weighted by molar-refractivity contribution is 5.97. The number of nitrogens with zero attached hydrogens (tertiary/aromatic N) is 1. The van der Waals surface area contributed by atoms with Crippen molar-refractivity contribution in [3.63, 3.8) is 0 Å². The summed E-state index contributed by atoms with van der Waals surface area (Å²) in [6.07, 6.45) is 1.72. The molecule has 4 nitrogen and oxygen atoms in total. The second kappa shape index (κ2) is 6.26. The van der Waals surface area contributed by atoms with E-state index in [4.69, 9.17) is 4.74 Å². The number of anilines is 1. The monoisotopic (exact) mass is 292 g/mol. The van der Waals surface area contributed by atoms with Gasteiger partial charge in [0, 0.05) is 18.5 Å². The Morgan fingerprint density at radius 3 is 2.68 bits per heavy atom. The van der Waals surface area contributed by atoms with Crippen molar-refractivity contribution < 1.29 is 9.53 Å². The summed E-state index contributed by atoms with van der Waals surface area (Å²) in [5.74, 6) is 0.456. The van der Waals surface area contributed by atoms with Gasteiger partial charge in [-0.2, -0.15) is 0 Å². The largest absolute Gasteiger partial charge is 0.484 e. The van der Waals surface area contributed by atoms with Gasteiger partial charge in [-0.1, -0.05) is 42.5 Å². The predicted molar refractivity (Wildman–Crippen MR) is 86.8 cm³/mol. The van der Waals surface area contributed by atoms with Crippen molar-refractivity contribution in [2.24, 2.45) is 0 Å². The van der Waals surface area contributed by atoms with Crippen LogP contribution < -0.4 is 10.1 Å². The molecule has 0 saturated heterocycles. The van der Waals surface area contributed by atoms with Crippen molar-refractivity contribution in [2.45, 2.75) is 13.5 Å². The van der Waals surface area contributed by atoms with Crippen LogP contribution in [0.15, 0.2) is 60.8 Å². The van der Waals surface area contributed by atoms with E-state index in [1.54, 1.807) is 6.20 Å². The second-order valence-electron chi connectivity index (χ2n) is 4.97. The highest BCUT2D eigenvalue weighted by Crippen LogP contribution is 2.33. The average Bonchev–Trinajstić information content (AvgIpc) is 2.54. The lowest BCUT2D eigenvalue weighted by Gasteiger charge is -2.14. The SMILES string of the molecule is CC(=O)Nc1ccc2cccnc2c1OCc1ccccc1. The molecule has 0 atom stereocenters. The molecule has 2 aromatic carbocycles. The number of pyridine rings is 1. The Kier molecular flexibility index (Phi) is 4.01. The zero-order chi connectivity index (χ0) is 15.4. The normalized spacial score (nSPS) is 10.4. The number of fused-ring (bicyclic) bond motifs is 1. The number of amides is 1. The number of ether oxygens (including phenoxy) is 1. The number of benzene rings is 2. The van der Waals surface area contributed by atoms with E-state index in [1.165, 1.54) is 6.92 Å². The summed E-state index contributed by atoms with van der Waals surface area (Å²) >= 11 is 0. The Balaban J connectivity index is 1.98. The zero-order valence-corrected chi connectivity index (χ0v) is 12.2. The molecule has 0 radical (unpaired) electrons. The number of carbonyl (C=O) groups excluding carboxylic acids is 1. The molecule has 1 aromatic heterocycles. The Labute approximate surface area is 128 Å². The third kappa shape index (κ3) is 3.06. The van der Waals surface area contributed by atoms with Crippen LogP contribution in [0, 0.1) is 0 Å². The van der Waals surface area contributed by atoms with E-state index in [0.717, 1.165) is 16.5 Å². The molecule has 1 heterocycles. The minimum atomic E-state index is -0.139. The first-order valence-corrected chi connectivity index (χ1v) is 7.06. The maximum atomic E-state index is 11.4. The van der Waals surface area contributed by atoms with Crippen LogP contribution in [0.25, 0.3) is 10.9 Å². The van der Waals surface area contributed by atoms with Crippen LogP contribution in [0.5, 0.6) is 5.75 Å². The van der Waals surface area contributed by atoms with E-state index >= 15 is 0 Å². The summed E-state index contributed by atoms with van der Waals surface area (Å²) in [5.41, 5.74) is 2.43. The van der Waals surface area contributed by atoms with Gasteiger partial charge >= 0.3 is 0 Å². The molecule has 1 N–H and O–H groups in total. The number of carbonyl (C=O) groups is 1. The third-order valence-electron chi connectivity index (χ3n) is 3.26. The quantitative estimate of drug-likeness (QED) is 0.796. The Hall–Kier alpha value is -2.88. The maximum absolute atomic E-state index is 11.4. The minimum Gasteiger partial charge on any atom is -0.484 e. The van der Waals surface area contributed by atoms with Gasteiger partial charge in [0.25, 0.3) is 0 Å². The van der Waals surface area contributed by atoms with Crippen LogP contribution in [0.4, 0.5) is 5.69 Å². The molecule has 0 aliphatic carbocycles.